The van der Waals surface area contributed by atoms with Crippen molar-refractivity contribution in [3.05, 3.63) is 58.2 Å². The van der Waals surface area contributed by atoms with E-state index in [-0.39, 0.29) is 0 Å². The van der Waals surface area contributed by atoms with Crippen LogP contribution < -0.4 is 0 Å². The van der Waals surface area contributed by atoms with Crippen LogP contribution in [0.15, 0.2) is 42.6 Å². The van der Waals surface area contributed by atoms with Crippen LogP contribution in [0.3, 0.4) is 0 Å². The highest BCUT2D eigenvalue weighted by Gasteiger charge is 2.24. The van der Waals surface area contributed by atoms with Crippen LogP contribution in [0.5, 0.6) is 0 Å². The Hall–Kier alpha value is -1.29. The summed E-state index contributed by atoms with van der Waals surface area (Å²) in [6.45, 7) is 5.36. The molecule has 1 unspecified atom stereocenters. The number of thiophene rings is 1. The van der Waals surface area contributed by atoms with E-state index in [1.807, 2.05) is 11.3 Å². The normalized spacial score (nSPS) is 19.0. The average Bonchev–Trinajstić information content (AvgIpc) is 3.09. The molecular weight excluding hydrogens is 300 g/mol. The first kappa shape index (κ1) is 13.4. The lowest BCUT2D eigenvalue weighted by molar-refractivity contribution is 0.162. The summed E-state index contributed by atoms with van der Waals surface area (Å²) < 4.78 is 3.64. The second-order valence-corrected chi connectivity index (χ2v) is 7.12. The highest BCUT2D eigenvalue weighted by atomic mass is 35.5. The van der Waals surface area contributed by atoms with Crippen LogP contribution in [-0.2, 0) is 13.1 Å². The molecule has 0 radical (unpaired) electrons. The van der Waals surface area contributed by atoms with Crippen molar-refractivity contribution in [2.75, 3.05) is 6.54 Å². The summed E-state index contributed by atoms with van der Waals surface area (Å²) in [5, 5.41) is 2.12. The van der Waals surface area contributed by atoms with Crippen LogP contribution in [0.4, 0.5) is 0 Å². The van der Waals surface area contributed by atoms with Crippen molar-refractivity contribution in [2.45, 2.75) is 26.1 Å². The standard InChI is InChI=1S/C17H17ClN2S/c1-12-14-6-4-8-19(14)9-10-20(12)11-16-17(18)13-5-2-3-7-15(13)21-16/h2-8,12H,9-11H2,1H3. The minimum absolute atomic E-state index is 0.440. The van der Waals surface area contributed by atoms with Crippen molar-refractivity contribution in [3.8, 4) is 0 Å². The van der Waals surface area contributed by atoms with E-state index < -0.39 is 0 Å². The van der Waals surface area contributed by atoms with Gasteiger partial charge in [0, 0.05) is 52.5 Å². The van der Waals surface area contributed by atoms with Gasteiger partial charge in [0.1, 0.15) is 0 Å². The van der Waals surface area contributed by atoms with Gasteiger partial charge < -0.3 is 4.57 Å². The van der Waals surface area contributed by atoms with Crippen LogP contribution in [0.2, 0.25) is 5.02 Å². The third-order valence-electron chi connectivity index (χ3n) is 4.42. The maximum atomic E-state index is 6.58. The number of fused-ring (bicyclic) bond motifs is 2. The predicted molar refractivity (Wildman–Crippen MR) is 90.1 cm³/mol. The van der Waals surface area contributed by atoms with Gasteiger partial charge in [0.2, 0.25) is 0 Å². The summed E-state index contributed by atoms with van der Waals surface area (Å²) in [5.41, 5.74) is 1.40. The first-order chi connectivity index (χ1) is 10.2. The Morgan fingerprint density at radius 2 is 2.05 bits per heavy atom. The molecule has 0 spiro atoms. The van der Waals surface area contributed by atoms with E-state index in [9.17, 15) is 0 Å². The quantitative estimate of drug-likeness (QED) is 0.650. The fraction of sp³-hybridized carbons (Fsp3) is 0.294. The second kappa shape index (κ2) is 5.16. The molecule has 21 heavy (non-hydrogen) atoms. The smallest absolute Gasteiger partial charge is 0.0637 e. The molecule has 0 aliphatic carbocycles. The van der Waals surface area contributed by atoms with E-state index in [0.29, 0.717) is 6.04 Å². The summed E-state index contributed by atoms with van der Waals surface area (Å²) in [5.74, 6) is 0. The lowest BCUT2D eigenvalue weighted by atomic mass is 10.1. The monoisotopic (exact) mass is 316 g/mol. The first-order valence-electron chi connectivity index (χ1n) is 7.29. The molecular formula is C17H17ClN2S. The van der Waals surface area contributed by atoms with Gasteiger partial charge in [0.15, 0.2) is 0 Å². The Morgan fingerprint density at radius 1 is 1.19 bits per heavy atom. The van der Waals surface area contributed by atoms with E-state index in [0.717, 1.165) is 24.7 Å². The summed E-state index contributed by atoms with van der Waals surface area (Å²) in [6.07, 6.45) is 2.18. The van der Waals surface area contributed by atoms with Gasteiger partial charge in [-0.1, -0.05) is 29.8 Å². The highest BCUT2D eigenvalue weighted by Crippen LogP contribution is 2.37. The molecule has 3 heterocycles. The highest BCUT2D eigenvalue weighted by molar-refractivity contribution is 7.19. The number of hydrogen-bond donors (Lipinski definition) is 0. The molecule has 108 valence electrons. The molecule has 2 aromatic heterocycles. The largest absolute Gasteiger partial charge is 0.349 e. The Bertz CT molecular complexity index is 789. The zero-order valence-corrected chi connectivity index (χ0v) is 13.5. The Labute approximate surface area is 133 Å². The molecule has 0 amide bonds. The summed E-state index contributed by atoms with van der Waals surface area (Å²) in [4.78, 5) is 3.80. The lowest BCUT2D eigenvalue weighted by Crippen LogP contribution is -2.35. The maximum absolute atomic E-state index is 6.58. The predicted octanol–water partition coefficient (Wildman–Crippen LogP) is 4.93. The fourth-order valence-electron chi connectivity index (χ4n) is 3.19. The molecule has 0 saturated carbocycles. The Balaban J connectivity index is 1.65. The van der Waals surface area contributed by atoms with Crippen molar-refractivity contribution in [2.24, 2.45) is 0 Å². The molecule has 2 nitrogen and oxygen atoms in total. The van der Waals surface area contributed by atoms with Gasteiger partial charge >= 0.3 is 0 Å². The van der Waals surface area contributed by atoms with Crippen molar-refractivity contribution >= 4 is 33.0 Å². The van der Waals surface area contributed by atoms with Crippen LogP contribution in [0.1, 0.15) is 23.5 Å². The minimum Gasteiger partial charge on any atom is -0.349 e. The van der Waals surface area contributed by atoms with E-state index in [1.165, 1.54) is 20.7 Å². The van der Waals surface area contributed by atoms with E-state index in [2.05, 4.69) is 59.0 Å². The SMILES string of the molecule is CC1c2cccn2CCN1Cc1sc2ccccc2c1Cl. The molecule has 3 aromatic rings. The molecule has 1 aliphatic heterocycles. The molecule has 1 aliphatic rings. The zero-order chi connectivity index (χ0) is 14.4. The Kier molecular flexibility index (Phi) is 3.29. The number of benzene rings is 1. The van der Waals surface area contributed by atoms with Gasteiger partial charge in [-0.25, -0.2) is 0 Å². The maximum Gasteiger partial charge on any atom is 0.0637 e. The van der Waals surface area contributed by atoms with Gasteiger partial charge in [-0.15, -0.1) is 11.3 Å². The van der Waals surface area contributed by atoms with Gasteiger partial charge in [-0.3, -0.25) is 4.90 Å². The van der Waals surface area contributed by atoms with Gasteiger partial charge in [-0.05, 0) is 25.1 Å². The third kappa shape index (κ3) is 2.20. The van der Waals surface area contributed by atoms with Crippen LogP contribution in [-0.4, -0.2) is 16.0 Å². The lowest BCUT2D eigenvalue weighted by Gasteiger charge is -2.34. The number of halogens is 1. The van der Waals surface area contributed by atoms with Crippen LogP contribution in [0, 0.1) is 0 Å². The summed E-state index contributed by atoms with van der Waals surface area (Å²) in [7, 11) is 0. The van der Waals surface area contributed by atoms with Crippen LogP contribution >= 0.6 is 22.9 Å². The van der Waals surface area contributed by atoms with Gasteiger partial charge in [0.05, 0.1) is 5.02 Å². The second-order valence-electron chi connectivity index (χ2n) is 5.61. The van der Waals surface area contributed by atoms with E-state index in [1.54, 1.807) is 0 Å². The van der Waals surface area contributed by atoms with E-state index in [4.69, 9.17) is 11.6 Å². The summed E-state index contributed by atoms with van der Waals surface area (Å²) >= 11 is 8.40. The van der Waals surface area contributed by atoms with Crippen molar-refractivity contribution in [1.82, 2.24) is 9.47 Å². The zero-order valence-electron chi connectivity index (χ0n) is 11.9. The topological polar surface area (TPSA) is 8.17 Å². The first-order valence-corrected chi connectivity index (χ1v) is 8.48. The van der Waals surface area contributed by atoms with Gasteiger partial charge in [-0.2, -0.15) is 0 Å². The third-order valence-corrected chi connectivity index (χ3v) is 6.12. The Morgan fingerprint density at radius 3 is 2.90 bits per heavy atom. The number of aromatic nitrogens is 1. The van der Waals surface area contributed by atoms with Gasteiger partial charge in [0.25, 0.3) is 0 Å². The molecule has 0 N–H and O–H groups in total. The molecule has 0 fully saturated rings. The number of hydrogen-bond acceptors (Lipinski definition) is 2. The van der Waals surface area contributed by atoms with Crippen LogP contribution in [0.25, 0.3) is 10.1 Å². The number of rotatable bonds is 2. The van der Waals surface area contributed by atoms with E-state index >= 15 is 0 Å². The van der Waals surface area contributed by atoms with Crippen molar-refractivity contribution < 1.29 is 0 Å². The summed E-state index contributed by atoms with van der Waals surface area (Å²) in [6, 6.07) is 13.2. The molecule has 1 aromatic carbocycles. The molecule has 0 saturated heterocycles. The van der Waals surface area contributed by atoms with Crippen molar-refractivity contribution in [3.63, 3.8) is 0 Å². The van der Waals surface area contributed by atoms with Crippen molar-refractivity contribution in [1.29, 1.82) is 0 Å². The molecule has 4 rings (SSSR count). The molecule has 4 heteroatoms. The number of nitrogens with zero attached hydrogens (tertiary/aromatic N) is 2. The molecule has 1 atom stereocenters. The fourth-order valence-corrected chi connectivity index (χ4v) is 4.71. The average molecular weight is 317 g/mol. The molecule has 0 bridgehead atoms. The minimum atomic E-state index is 0.440.